The molecular weight excluding hydrogens is 254 g/mol. The Balaban J connectivity index is 2.51. The van der Waals surface area contributed by atoms with Crippen LogP contribution in [0.2, 0.25) is 0 Å². The van der Waals surface area contributed by atoms with Crippen molar-refractivity contribution in [2.24, 2.45) is 0 Å². The van der Waals surface area contributed by atoms with Crippen molar-refractivity contribution < 1.29 is 18.7 Å². The third kappa shape index (κ3) is 4.94. The molecule has 0 saturated carbocycles. The van der Waals surface area contributed by atoms with Crippen LogP contribution in [0, 0.1) is 23.5 Å². The number of benzene rings is 1. The van der Waals surface area contributed by atoms with Crippen molar-refractivity contribution in [3.05, 3.63) is 35.4 Å². The van der Waals surface area contributed by atoms with Crippen molar-refractivity contribution in [3.63, 3.8) is 0 Å². The van der Waals surface area contributed by atoms with Crippen molar-refractivity contribution in [2.45, 2.75) is 6.54 Å². The van der Waals surface area contributed by atoms with Crippen LogP contribution >= 0.6 is 0 Å². The van der Waals surface area contributed by atoms with Gasteiger partial charge >= 0.3 is 6.03 Å². The highest BCUT2D eigenvalue weighted by atomic mass is 19.2. The molecule has 0 radical (unpaired) electrons. The van der Waals surface area contributed by atoms with E-state index < -0.39 is 17.7 Å². The van der Waals surface area contributed by atoms with E-state index in [0.717, 1.165) is 12.1 Å². The Labute approximate surface area is 110 Å². The summed E-state index contributed by atoms with van der Waals surface area (Å²) in [6.07, 6.45) is 0. The fourth-order valence-electron chi connectivity index (χ4n) is 1.36. The lowest BCUT2D eigenvalue weighted by Crippen LogP contribution is -2.37. The van der Waals surface area contributed by atoms with Gasteiger partial charge in [0.2, 0.25) is 0 Å². The zero-order valence-electron chi connectivity index (χ0n) is 10.4. The Kier molecular flexibility index (Phi) is 5.76. The highest BCUT2D eigenvalue weighted by Crippen LogP contribution is 2.10. The number of aliphatic hydroxyl groups excluding tert-OH is 1. The van der Waals surface area contributed by atoms with E-state index in [1.807, 2.05) is 0 Å². The molecule has 0 atom stereocenters. The van der Waals surface area contributed by atoms with Gasteiger partial charge in [-0.3, -0.25) is 0 Å². The van der Waals surface area contributed by atoms with Crippen LogP contribution in [0.3, 0.4) is 0 Å². The number of carbonyl (C=O) groups is 1. The summed E-state index contributed by atoms with van der Waals surface area (Å²) in [7, 11) is 1.52. The van der Waals surface area contributed by atoms with Crippen LogP contribution in [0.5, 0.6) is 0 Å². The van der Waals surface area contributed by atoms with Crippen LogP contribution < -0.4 is 5.32 Å². The first-order valence-electron chi connectivity index (χ1n) is 5.54. The maximum absolute atomic E-state index is 13.0. The average molecular weight is 268 g/mol. The van der Waals surface area contributed by atoms with Gasteiger partial charge in [-0.1, -0.05) is 17.9 Å². The van der Waals surface area contributed by atoms with Gasteiger partial charge in [-0.15, -0.1) is 0 Å². The summed E-state index contributed by atoms with van der Waals surface area (Å²) >= 11 is 0. The number of carbonyl (C=O) groups excluding carboxylic acids is 1. The Bertz CT molecular complexity index is 509. The van der Waals surface area contributed by atoms with Gasteiger partial charge in [0.1, 0.15) is 6.61 Å². The highest BCUT2D eigenvalue weighted by molar-refractivity contribution is 5.74. The Morgan fingerprint density at radius 1 is 1.37 bits per heavy atom. The SMILES string of the molecule is CN(Cc1ccc(F)c(F)c1)C(=O)NCC#CCO. The molecule has 0 heterocycles. The van der Waals surface area contributed by atoms with Crippen LogP contribution in [-0.4, -0.2) is 36.2 Å². The van der Waals surface area contributed by atoms with Gasteiger partial charge in [-0.25, -0.2) is 13.6 Å². The third-order valence-electron chi connectivity index (χ3n) is 2.28. The first-order valence-corrected chi connectivity index (χ1v) is 5.54. The Morgan fingerprint density at radius 3 is 2.74 bits per heavy atom. The molecule has 0 aliphatic heterocycles. The fourth-order valence-corrected chi connectivity index (χ4v) is 1.36. The van der Waals surface area contributed by atoms with Gasteiger partial charge in [0.15, 0.2) is 11.6 Å². The summed E-state index contributed by atoms with van der Waals surface area (Å²) < 4.78 is 25.7. The number of aliphatic hydroxyl groups is 1. The highest BCUT2D eigenvalue weighted by Gasteiger charge is 2.09. The van der Waals surface area contributed by atoms with Crippen molar-refractivity contribution in [1.82, 2.24) is 10.2 Å². The standard InChI is InChI=1S/C13H14F2N2O2/c1-17(13(19)16-6-2-3-7-18)9-10-4-5-11(14)12(15)8-10/h4-5,8,18H,6-7,9H2,1H3,(H,16,19). The van der Waals surface area contributed by atoms with E-state index in [4.69, 9.17) is 5.11 Å². The van der Waals surface area contributed by atoms with E-state index >= 15 is 0 Å². The molecule has 1 aromatic rings. The Morgan fingerprint density at radius 2 is 2.11 bits per heavy atom. The van der Waals surface area contributed by atoms with Crippen molar-refractivity contribution in [3.8, 4) is 11.8 Å². The predicted molar refractivity (Wildman–Crippen MR) is 66.1 cm³/mol. The zero-order chi connectivity index (χ0) is 14.3. The zero-order valence-corrected chi connectivity index (χ0v) is 10.4. The molecule has 0 saturated heterocycles. The molecule has 4 nitrogen and oxygen atoms in total. The van der Waals surface area contributed by atoms with E-state index in [2.05, 4.69) is 17.2 Å². The minimum Gasteiger partial charge on any atom is -0.384 e. The van der Waals surface area contributed by atoms with Gasteiger partial charge in [-0.2, -0.15) is 0 Å². The quantitative estimate of drug-likeness (QED) is 0.807. The van der Waals surface area contributed by atoms with Gasteiger partial charge in [0.05, 0.1) is 6.54 Å². The number of nitrogens with one attached hydrogen (secondary N) is 1. The minimum atomic E-state index is -0.944. The number of nitrogens with zero attached hydrogens (tertiary/aromatic N) is 1. The minimum absolute atomic E-state index is 0.113. The molecule has 0 aliphatic rings. The summed E-state index contributed by atoms with van der Waals surface area (Å²) in [6, 6.07) is 3.08. The first kappa shape index (κ1) is 14.9. The summed E-state index contributed by atoms with van der Waals surface area (Å²) in [5.74, 6) is 3.05. The van der Waals surface area contributed by atoms with E-state index in [9.17, 15) is 13.6 Å². The van der Waals surface area contributed by atoms with E-state index in [1.54, 1.807) is 0 Å². The normalized spacial score (nSPS) is 9.47. The largest absolute Gasteiger partial charge is 0.384 e. The topological polar surface area (TPSA) is 52.6 Å². The maximum Gasteiger partial charge on any atom is 0.318 e. The molecular formula is C13H14F2N2O2. The smallest absolute Gasteiger partial charge is 0.318 e. The van der Waals surface area contributed by atoms with E-state index in [-0.39, 0.29) is 19.7 Å². The van der Waals surface area contributed by atoms with Crippen LogP contribution in [-0.2, 0) is 6.54 Å². The van der Waals surface area contributed by atoms with Crippen molar-refractivity contribution >= 4 is 6.03 Å². The number of hydrogen-bond donors (Lipinski definition) is 2. The summed E-state index contributed by atoms with van der Waals surface area (Å²) in [5, 5.41) is 10.9. The van der Waals surface area contributed by atoms with Gasteiger partial charge in [0.25, 0.3) is 0 Å². The lowest BCUT2D eigenvalue weighted by Gasteiger charge is -2.17. The number of rotatable bonds is 3. The lowest BCUT2D eigenvalue weighted by molar-refractivity contribution is 0.208. The number of amides is 2. The molecule has 0 bridgehead atoms. The van der Waals surface area contributed by atoms with E-state index in [1.165, 1.54) is 18.0 Å². The number of hydrogen-bond acceptors (Lipinski definition) is 2. The van der Waals surface area contributed by atoms with Gasteiger partial charge in [-0.05, 0) is 17.7 Å². The van der Waals surface area contributed by atoms with Gasteiger partial charge in [0, 0.05) is 13.6 Å². The van der Waals surface area contributed by atoms with Crippen LogP contribution in [0.1, 0.15) is 5.56 Å². The molecule has 2 N–H and O–H groups in total. The van der Waals surface area contributed by atoms with Crippen LogP contribution in [0.4, 0.5) is 13.6 Å². The fraction of sp³-hybridized carbons (Fsp3) is 0.308. The number of urea groups is 1. The average Bonchev–Trinajstić information content (AvgIpc) is 2.38. The molecule has 102 valence electrons. The molecule has 1 rings (SSSR count). The van der Waals surface area contributed by atoms with E-state index in [0.29, 0.717) is 5.56 Å². The molecule has 6 heteroatoms. The van der Waals surface area contributed by atoms with Crippen LogP contribution in [0.25, 0.3) is 0 Å². The predicted octanol–water partition coefficient (Wildman–Crippen LogP) is 1.10. The molecule has 2 amide bonds. The summed E-state index contributed by atoms with van der Waals surface area (Å²) in [6.45, 7) is -0.00145. The number of halogens is 2. The first-order chi connectivity index (χ1) is 9.04. The van der Waals surface area contributed by atoms with Crippen LogP contribution in [0.15, 0.2) is 18.2 Å². The molecule has 0 aliphatic carbocycles. The van der Waals surface area contributed by atoms with Crippen molar-refractivity contribution in [2.75, 3.05) is 20.2 Å². The molecule has 0 aromatic heterocycles. The van der Waals surface area contributed by atoms with Crippen molar-refractivity contribution in [1.29, 1.82) is 0 Å². The summed E-state index contributed by atoms with van der Waals surface area (Å²) in [5.41, 5.74) is 0.484. The summed E-state index contributed by atoms with van der Waals surface area (Å²) in [4.78, 5) is 12.9. The molecule has 0 spiro atoms. The molecule has 19 heavy (non-hydrogen) atoms. The lowest BCUT2D eigenvalue weighted by atomic mass is 10.2. The third-order valence-corrected chi connectivity index (χ3v) is 2.28. The molecule has 1 aromatic carbocycles. The Hall–Kier alpha value is -2.13. The second kappa shape index (κ2) is 7.34. The second-order valence-electron chi connectivity index (χ2n) is 3.77. The monoisotopic (exact) mass is 268 g/mol. The maximum atomic E-state index is 13.0. The molecule has 0 fully saturated rings. The second-order valence-corrected chi connectivity index (χ2v) is 3.77. The molecule has 0 unspecified atom stereocenters. The van der Waals surface area contributed by atoms with Gasteiger partial charge < -0.3 is 15.3 Å².